The number of aliphatic hydroxyl groups excluding tert-OH is 1. The Bertz CT molecular complexity index is 425. The fourth-order valence-corrected chi connectivity index (χ4v) is 4.01. The molecule has 1 aromatic rings. The Kier molecular flexibility index (Phi) is 3.19. The van der Waals surface area contributed by atoms with Gasteiger partial charge in [-0.2, -0.15) is 0 Å². The van der Waals surface area contributed by atoms with Crippen LogP contribution in [-0.2, 0) is 6.42 Å². The van der Waals surface area contributed by atoms with Crippen LogP contribution >= 0.6 is 0 Å². The number of fused-ring (bicyclic) bond motifs is 1. The van der Waals surface area contributed by atoms with E-state index in [2.05, 4.69) is 38.1 Å². The Hall–Kier alpha value is -0.820. The molecule has 3 rings (SSSR count). The van der Waals surface area contributed by atoms with Crippen LogP contribution in [0.5, 0.6) is 0 Å². The molecule has 0 aromatic heterocycles. The minimum atomic E-state index is -0.216. The van der Waals surface area contributed by atoms with Gasteiger partial charge in [-0.15, -0.1) is 0 Å². The molecule has 18 heavy (non-hydrogen) atoms. The summed E-state index contributed by atoms with van der Waals surface area (Å²) in [6.45, 7) is 4.76. The van der Waals surface area contributed by atoms with Crippen LogP contribution in [0.15, 0.2) is 24.3 Å². The quantitative estimate of drug-likeness (QED) is 0.792. The minimum absolute atomic E-state index is 0.216. The second-order valence-electron chi connectivity index (χ2n) is 6.54. The number of rotatable bonds is 1. The summed E-state index contributed by atoms with van der Waals surface area (Å²) < 4.78 is 0. The smallest absolute Gasteiger partial charge is 0.0826 e. The van der Waals surface area contributed by atoms with Crippen LogP contribution in [0.25, 0.3) is 0 Å². The van der Waals surface area contributed by atoms with Crippen molar-refractivity contribution in [2.75, 3.05) is 0 Å². The van der Waals surface area contributed by atoms with Crippen molar-refractivity contribution in [2.24, 2.45) is 23.7 Å². The first-order valence-corrected chi connectivity index (χ1v) is 7.42. The molecule has 2 aliphatic carbocycles. The molecule has 5 atom stereocenters. The van der Waals surface area contributed by atoms with Crippen LogP contribution in [0.3, 0.4) is 0 Å². The van der Waals surface area contributed by atoms with E-state index in [-0.39, 0.29) is 6.10 Å². The lowest BCUT2D eigenvalue weighted by Crippen LogP contribution is -2.28. The Morgan fingerprint density at radius 3 is 2.56 bits per heavy atom. The van der Waals surface area contributed by atoms with E-state index in [0.29, 0.717) is 5.92 Å². The fourth-order valence-electron chi connectivity index (χ4n) is 4.01. The van der Waals surface area contributed by atoms with Gasteiger partial charge in [0, 0.05) is 0 Å². The summed E-state index contributed by atoms with van der Waals surface area (Å²) >= 11 is 0. The van der Waals surface area contributed by atoms with Crippen molar-refractivity contribution >= 4 is 0 Å². The normalized spacial score (nSPS) is 39.6. The molecule has 98 valence electrons. The fraction of sp³-hybridized carbons (Fsp3) is 0.647. The van der Waals surface area contributed by atoms with Crippen LogP contribution in [0.4, 0.5) is 0 Å². The molecule has 0 heterocycles. The van der Waals surface area contributed by atoms with Gasteiger partial charge in [0.15, 0.2) is 0 Å². The molecule has 1 N–H and O–H groups in total. The van der Waals surface area contributed by atoms with Crippen LogP contribution in [0.1, 0.15) is 50.3 Å². The van der Waals surface area contributed by atoms with Gasteiger partial charge < -0.3 is 5.11 Å². The predicted molar refractivity (Wildman–Crippen MR) is 74.3 cm³/mol. The average molecular weight is 244 g/mol. The van der Waals surface area contributed by atoms with E-state index in [1.54, 1.807) is 0 Å². The Balaban J connectivity index is 1.76. The molecule has 0 amide bonds. The summed E-state index contributed by atoms with van der Waals surface area (Å²) in [7, 11) is 0. The SMILES string of the molecule is CC1CCC(C2Cc3ccccc3C2O)CC1C. The van der Waals surface area contributed by atoms with Crippen molar-refractivity contribution in [3.63, 3.8) is 0 Å². The lowest BCUT2D eigenvalue weighted by atomic mass is 9.70. The van der Waals surface area contributed by atoms with Gasteiger partial charge in [-0.25, -0.2) is 0 Å². The number of hydrogen-bond acceptors (Lipinski definition) is 1. The van der Waals surface area contributed by atoms with E-state index in [0.717, 1.165) is 24.2 Å². The van der Waals surface area contributed by atoms with Gasteiger partial charge in [0.2, 0.25) is 0 Å². The summed E-state index contributed by atoms with van der Waals surface area (Å²) in [6, 6.07) is 8.44. The zero-order chi connectivity index (χ0) is 12.7. The lowest BCUT2D eigenvalue weighted by Gasteiger charge is -2.36. The molecule has 0 bridgehead atoms. The predicted octanol–water partition coefficient (Wildman–Crippen LogP) is 3.96. The molecule has 0 aliphatic heterocycles. The van der Waals surface area contributed by atoms with Gasteiger partial charge in [-0.3, -0.25) is 0 Å². The first-order chi connectivity index (χ1) is 8.66. The molecule has 0 saturated heterocycles. The van der Waals surface area contributed by atoms with Crippen molar-refractivity contribution in [3.05, 3.63) is 35.4 Å². The molecule has 0 spiro atoms. The van der Waals surface area contributed by atoms with Gasteiger partial charge in [0.05, 0.1) is 6.10 Å². The maximum Gasteiger partial charge on any atom is 0.0826 e. The molecular formula is C17H24O. The second-order valence-corrected chi connectivity index (χ2v) is 6.54. The highest BCUT2D eigenvalue weighted by Gasteiger charge is 2.38. The van der Waals surface area contributed by atoms with E-state index < -0.39 is 0 Å². The maximum absolute atomic E-state index is 10.5. The van der Waals surface area contributed by atoms with Gasteiger partial charge in [0.25, 0.3) is 0 Å². The standard InChI is InChI=1S/C17H24O/c1-11-7-8-14(9-12(11)2)16-10-13-5-3-4-6-15(13)17(16)18/h3-6,11-12,14,16-18H,7-10H2,1-2H3. The molecule has 1 aromatic carbocycles. The van der Waals surface area contributed by atoms with Crippen molar-refractivity contribution in [1.29, 1.82) is 0 Å². The molecule has 5 unspecified atom stereocenters. The minimum Gasteiger partial charge on any atom is -0.388 e. The summed E-state index contributed by atoms with van der Waals surface area (Å²) in [6.07, 6.45) is 4.82. The molecular weight excluding hydrogens is 220 g/mol. The highest BCUT2D eigenvalue weighted by Crippen LogP contribution is 2.46. The number of benzene rings is 1. The van der Waals surface area contributed by atoms with Crippen molar-refractivity contribution in [2.45, 2.75) is 45.6 Å². The molecule has 1 saturated carbocycles. The van der Waals surface area contributed by atoms with Crippen LogP contribution in [0.2, 0.25) is 0 Å². The first-order valence-electron chi connectivity index (χ1n) is 7.42. The summed E-state index contributed by atoms with van der Waals surface area (Å²) in [5, 5.41) is 10.5. The average Bonchev–Trinajstić information content (AvgIpc) is 2.71. The van der Waals surface area contributed by atoms with Crippen LogP contribution in [-0.4, -0.2) is 5.11 Å². The third kappa shape index (κ3) is 1.99. The van der Waals surface area contributed by atoms with Gasteiger partial charge >= 0.3 is 0 Å². The van der Waals surface area contributed by atoms with Crippen LogP contribution in [0, 0.1) is 23.7 Å². The highest BCUT2D eigenvalue weighted by atomic mass is 16.3. The molecule has 2 aliphatic rings. The maximum atomic E-state index is 10.5. The number of hydrogen-bond donors (Lipinski definition) is 1. The largest absolute Gasteiger partial charge is 0.388 e. The summed E-state index contributed by atoms with van der Waals surface area (Å²) in [5.74, 6) is 2.87. The van der Waals surface area contributed by atoms with Gasteiger partial charge in [-0.1, -0.05) is 44.5 Å². The van der Waals surface area contributed by atoms with Crippen molar-refractivity contribution < 1.29 is 5.11 Å². The van der Waals surface area contributed by atoms with Crippen molar-refractivity contribution in [3.8, 4) is 0 Å². The lowest BCUT2D eigenvalue weighted by molar-refractivity contribution is 0.0523. The topological polar surface area (TPSA) is 20.2 Å². The van der Waals surface area contributed by atoms with E-state index in [4.69, 9.17) is 0 Å². The van der Waals surface area contributed by atoms with E-state index in [1.807, 2.05) is 0 Å². The Morgan fingerprint density at radius 1 is 1.06 bits per heavy atom. The third-order valence-electron chi connectivity index (χ3n) is 5.48. The molecule has 1 nitrogen and oxygen atoms in total. The molecule has 1 heteroatoms. The van der Waals surface area contributed by atoms with Crippen molar-refractivity contribution in [1.82, 2.24) is 0 Å². The van der Waals surface area contributed by atoms with Crippen LogP contribution < -0.4 is 0 Å². The van der Waals surface area contributed by atoms with Gasteiger partial charge in [-0.05, 0) is 54.1 Å². The van der Waals surface area contributed by atoms with E-state index in [1.165, 1.54) is 30.4 Å². The van der Waals surface area contributed by atoms with E-state index in [9.17, 15) is 5.11 Å². The number of aliphatic hydroxyl groups is 1. The second kappa shape index (κ2) is 4.70. The zero-order valence-corrected chi connectivity index (χ0v) is 11.5. The monoisotopic (exact) mass is 244 g/mol. The summed E-state index contributed by atoms with van der Waals surface area (Å²) in [5.41, 5.74) is 2.56. The first kappa shape index (κ1) is 12.2. The zero-order valence-electron chi connectivity index (χ0n) is 11.5. The third-order valence-corrected chi connectivity index (χ3v) is 5.48. The summed E-state index contributed by atoms with van der Waals surface area (Å²) in [4.78, 5) is 0. The highest BCUT2D eigenvalue weighted by molar-refractivity contribution is 5.34. The Labute approximate surface area is 110 Å². The molecule has 1 fully saturated rings. The Morgan fingerprint density at radius 2 is 1.83 bits per heavy atom. The van der Waals surface area contributed by atoms with Gasteiger partial charge in [0.1, 0.15) is 0 Å². The molecule has 0 radical (unpaired) electrons. The van der Waals surface area contributed by atoms with E-state index >= 15 is 0 Å².